The maximum absolute atomic E-state index is 10.6. The summed E-state index contributed by atoms with van der Waals surface area (Å²) in [5.74, 6) is 0. The second kappa shape index (κ2) is 2.08. The smallest absolute Gasteiger partial charge is 0.266 e. The highest BCUT2D eigenvalue weighted by Gasteiger charge is 1.94. The average Bonchev–Trinajstić information content (AvgIpc) is 2.38. The van der Waals surface area contributed by atoms with E-state index >= 15 is 0 Å². The van der Waals surface area contributed by atoms with Crippen molar-refractivity contribution >= 4 is 11.2 Å². The Bertz CT molecular complexity index is 399. The van der Waals surface area contributed by atoms with E-state index < -0.39 is 5.56 Å². The highest BCUT2D eigenvalue weighted by Crippen LogP contribution is 1.95. The Labute approximate surface area is 60.3 Å². The van der Waals surface area contributed by atoms with Crippen molar-refractivity contribution in [2.45, 2.75) is 0 Å². The number of nitrogens with zero attached hydrogens (tertiary/aromatic N) is 4. The van der Waals surface area contributed by atoms with Gasteiger partial charge in [0.05, 0.1) is 0 Å². The first-order valence-electron chi connectivity index (χ1n) is 2.91. The Morgan fingerprint density at radius 1 is 1.18 bits per heavy atom. The molecule has 0 saturated carbocycles. The monoisotopic (exact) mass is 149 g/mol. The topological polar surface area (TPSA) is 84.4 Å². The van der Waals surface area contributed by atoms with Crippen LogP contribution in [-0.4, -0.2) is 25.6 Å². The molecule has 0 aliphatic heterocycles. The molecule has 2 aromatic rings. The second-order valence-electron chi connectivity index (χ2n) is 1.90. The predicted molar refractivity (Wildman–Crippen MR) is 35.7 cm³/mol. The first kappa shape index (κ1) is 5.90. The third-order valence-corrected chi connectivity index (χ3v) is 1.18. The molecule has 0 atom stereocenters. The summed E-state index contributed by atoms with van der Waals surface area (Å²) in [6, 6.07) is 2.80. The highest BCUT2D eigenvalue weighted by molar-refractivity contribution is 5.66. The summed E-state index contributed by atoms with van der Waals surface area (Å²) in [6.07, 6.45) is 0. The van der Waals surface area contributed by atoms with E-state index in [2.05, 4.69) is 25.6 Å². The molecule has 2 heterocycles. The molecule has 54 valence electrons. The van der Waals surface area contributed by atoms with Crippen LogP contribution >= 0.6 is 0 Å². The molecule has 11 heavy (non-hydrogen) atoms. The van der Waals surface area contributed by atoms with Crippen molar-refractivity contribution in [2.24, 2.45) is 0 Å². The molecule has 0 fully saturated rings. The zero-order valence-corrected chi connectivity index (χ0v) is 5.35. The molecule has 0 aliphatic carbocycles. The minimum atomic E-state index is -0.398. The number of hydrogen-bond acceptors (Lipinski definition) is 5. The largest absolute Gasteiger partial charge is 0.288 e. The van der Waals surface area contributed by atoms with Gasteiger partial charge in [-0.05, 0) is 6.07 Å². The molecule has 0 saturated heterocycles. The van der Waals surface area contributed by atoms with Crippen LogP contribution in [0.25, 0.3) is 11.2 Å². The SMILES string of the molecule is O=c1ccc2n[nH]nc2nn1. The number of nitrogens with one attached hydrogen (secondary N) is 1. The van der Waals surface area contributed by atoms with Crippen LogP contribution in [0.5, 0.6) is 0 Å². The number of hydrogen-bond donors (Lipinski definition) is 1. The van der Waals surface area contributed by atoms with E-state index in [1.807, 2.05) is 0 Å². The molecule has 0 radical (unpaired) electrons. The Morgan fingerprint density at radius 3 is 3.00 bits per heavy atom. The Kier molecular flexibility index (Phi) is 1.12. The lowest BCUT2D eigenvalue weighted by Gasteiger charge is -1.65. The van der Waals surface area contributed by atoms with E-state index in [-0.39, 0.29) is 0 Å². The van der Waals surface area contributed by atoms with E-state index in [0.717, 1.165) is 0 Å². The van der Waals surface area contributed by atoms with Gasteiger partial charge in [0.25, 0.3) is 5.56 Å². The molecule has 6 nitrogen and oxygen atoms in total. The minimum Gasteiger partial charge on any atom is -0.266 e. The summed E-state index contributed by atoms with van der Waals surface area (Å²) >= 11 is 0. The zero-order valence-electron chi connectivity index (χ0n) is 5.35. The molecule has 0 aromatic carbocycles. The van der Waals surface area contributed by atoms with Crippen LogP contribution in [0.4, 0.5) is 0 Å². The molecule has 0 spiro atoms. The summed E-state index contributed by atoms with van der Waals surface area (Å²) < 4.78 is 0. The minimum absolute atomic E-state index is 0.340. The second-order valence-corrected chi connectivity index (χ2v) is 1.90. The molecule has 0 unspecified atom stereocenters. The molecule has 0 bridgehead atoms. The predicted octanol–water partition coefficient (Wildman–Crippen LogP) is -0.892. The standard InChI is InChI=1S/C5H3N5O/c11-4-2-1-3-5(8-7-4)9-10-6-3/h1-2H,(H,6,9,10). The van der Waals surface area contributed by atoms with Gasteiger partial charge in [0.15, 0.2) is 0 Å². The van der Waals surface area contributed by atoms with Crippen LogP contribution in [0, 0.1) is 0 Å². The summed E-state index contributed by atoms with van der Waals surface area (Å²) in [5.41, 5.74) is 0.469. The molecule has 6 heteroatoms. The maximum atomic E-state index is 10.6. The van der Waals surface area contributed by atoms with Gasteiger partial charge in [-0.3, -0.25) is 4.79 Å². The lowest BCUT2D eigenvalue weighted by molar-refractivity contribution is 0.936. The summed E-state index contributed by atoms with van der Waals surface area (Å²) in [5, 5.41) is 16.6. The van der Waals surface area contributed by atoms with Gasteiger partial charge in [-0.2, -0.15) is 10.3 Å². The van der Waals surface area contributed by atoms with Crippen molar-refractivity contribution in [1.82, 2.24) is 25.6 Å². The van der Waals surface area contributed by atoms with Gasteiger partial charge < -0.3 is 0 Å². The van der Waals surface area contributed by atoms with Crippen LogP contribution in [0.1, 0.15) is 0 Å². The van der Waals surface area contributed by atoms with Gasteiger partial charge in [-0.15, -0.1) is 15.3 Å². The fourth-order valence-electron chi connectivity index (χ4n) is 0.699. The lowest BCUT2D eigenvalue weighted by atomic mass is 10.5. The number of rotatable bonds is 0. The summed E-state index contributed by atoms with van der Waals surface area (Å²) in [7, 11) is 0. The van der Waals surface area contributed by atoms with Gasteiger partial charge >= 0.3 is 0 Å². The normalized spacial score (nSPS) is 10.2. The van der Waals surface area contributed by atoms with Gasteiger partial charge in [0, 0.05) is 6.07 Å². The number of fused-ring (bicyclic) bond motifs is 1. The van der Waals surface area contributed by atoms with E-state index in [9.17, 15) is 4.79 Å². The van der Waals surface area contributed by atoms with E-state index in [4.69, 9.17) is 0 Å². The van der Waals surface area contributed by atoms with Crippen LogP contribution in [0.3, 0.4) is 0 Å². The van der Waals surface area contributed by atoms with Crippen molar-refractivity contribution in [2.75, 3.05) is 0 Å². The number of aromatic nitrogens is 5. The molecular weight excluding hydrogens is 146 g/mol. The number of aromatic amines is 1. The molecule has 0 aliphatic rings. The summed E-state index contributed by atoms with van der Waals surface area (Å²) in [6.45, 7) is 0. The first-order valence-corrected chi connectivity index (χ1v) is 2.91. The quantitative estimate of drug-likeness (QED) is 0.525. The van der Waals surface area contributed by atoms with Crippen LogP contribution in [-0.2, 0) is 0 Å². The first-order chi connectivity index (χ1) is 5.36. The van der Waals surface area contributed by atoms with Crippen molar-refractivity contribution in [3.8, 4) is 0 Å². The van der Waals surface area contributed by atoms with Gasteiger partial charge in [-0.1, -0.05) is 0 Å². The fourth-order valence-corrected chi connectivity index (χ4v) is 0.699. The molecular formula is C5H3N5O. The molecule has 2 rings (SSSR count). The van der Waals surface area contributed by atoms with Gasteiger partial charge in [0.2, 0.25) is 5.65 Å². The van der Waals surface area contributed by atoms with Crippen molar-refractivity contribution < 1.29 is 0 Å². The highest BCUT2D eigenvalue weighted by atomic mass is 16.1. The Morgan fingerprint density at radius 2 is 2.09 bits per heavy atom. The average molecular weight is 149 g/mol. The van der Waals surface area contributed by atoms with Crippen LogP contribution < -0.4 is 5.56 Å². The third kappa shape index (κ3) is 0.936. The van der Waals surface area contributed by atoms with Crippen molar-refractivity contribution in [3.05, 3.63) is 22.5 Å². The van der Waals surface area contributed by atoms with E-state index in [0.29, 0.717) is 11.2 Å². The van der Waals surface area contributed by atoms with E-state index in [1.54, 1.807) is 0 Å². The van der Waals surface area contributed by atoms with Gasteiger partial charge in [0.1, 0.15) is 5.52 Å². The van der Waals surface area contributed by atoms with Gasteiger partial charge in [-0.25, -0.2) is 0 Å². The molecule has 0 amide bonds. The number of H-pyrrole nitrogens is 1. The van der Waals surface area contributed by atoms with E-state index in [1.165, 1.54) is 12.1 Å². The molecule has 2 aromatic heterocycles. The summed E-state index contributed by atoms with van der Waals surface area (Å²) in [4.78, 5) is 10.6. The Balaban J connectivity index is 2.96. The fraction of sp³-hybridized carbons (Fsp3) is 0. The molecule has 1 N–H and O–H groups in total. The Hall–Kier alpha value is -1.85. The zero-order chi connectivity index (χ0) is 7.68. The van der Waals surface area contributed by atoms with Crippen LogP contribution in [0.2, 0.25) is 0 Å². The van der Waals surface area contributed by atoms with Crippen molar-refractivity contribution in [1.29, 1.82) is 0 Å². The maximum Gasteiger partial charge on any atom is 0.288 e. The van der Waals surface area contributed by atoms with Crippen molar-refractivity contribution in [3.63, 3.8) is 0 Å². The van der Waals surface area contributed by atoms with Crippen LogP contribution in [0.15, 0.2) is 16.9 Å². The lowest BCUT2D eigenvalue weighted by Crippen LogP contribution is -1.99. The third-order valence-electron chi connectivity index (χ3n) is 1.18.